The molecule has 5 heteroatoms. The van der Waals surface area contributed by atoms with Crippen LogP contribution in [0.3, 0.4) is 0 Å². The van der Waals surface area contributed by atoms with E-state index in [4.69, 9.17) is 15.2 Å². The lowest BCUT2D eigenvalue weighted by molar-refractivity contribution is -0.118. The van der Waals surface area contributed by atoms with Crippen LogP contribution in [-0.2, 0) is 4.79 Å². The van der Waals surface area contributed by atoms with Crippen LogP contribution in [0.2, 0.25) is 0 Å². The predicted octanol–water partition coefficient (Wildman–Crippen LogP) is 2.70. The van der Waals surface area contributed by atoms with Crippen LogP contribution in [0.5, 0.6) is 11.5 Å². The van der Waals surface area contributed by atoms with E-state index in [0.717, 1.165) is 24.3 Å². The summed E-state index contributed by atoms with van der Waals surface area (Å²) in [5.74, 6) is 1.45. The van der Waals surface area contributed by atoms with Crippen molar-refractivity contribution in [1.29, 1.82) is 0 Å². The molecule has 0 aromatic heterocycles. The number of carbonyl (C=O) groups excluding carboxylic acids is 1. The van der Waals surface area contributed by atoms with Gasteiger partial charge in [-0.1, -0.05) is 19.3 Å². The van der Waals surface area contributed by atoms with Crippen LogP contribution in [0.1, 0.15) is 38.5 Å². The molecule has 5 nitrogen and oxygen atoms in total. The second kappa shape index (κ2) is 6.57. The number of hydrogen-bond donors (Lipinski definition) is 2. The van der Waals surface area contributed by atoms with Crippen LogP contribution >= 0.6 is 0 Å². The maximum Gasteiger partial charge on any atom is 0.224 e. The van der Waals surface area contributed by atoms with Gasteiger partial charge in [0.25, 0.3) is 0 Å². The molecule has 1 fully saturated rings. The highest BCUT2D eigenvalue weighted by atomic mass is 16.6. The van der Waals surface area contributed by atoms with Crippen molar-refractivity contribution < 1.29 is 14.3 Å². The minimum atomic E-state index is -0.0177. The first-order valence-corrected chi connectivity index (χ1v) is 8.10. The summed E-state index contributed by atoms with van der Waals surface area (Å²) in [6.45, 7) is 1.69. The molecule has 22 heavy (non-hydrogen) atoms. The van der Waals surface area contributed by atoms with Gasteiger partial charge >= 0.3 is 0 Å². The van der Waals surface area contributed by atoms with E-state index in [1.807, 2.05) is 18.2 Å². The van der Waals surface area contributed by atoms with Crippen molar-refractivity contribution in [3.8, 4) is 11.5 Å². The highest BCUT2D eigenvalue weighted by Crippen LogP contribution is 2.39. The number of anilines is 1. The van der Waals surface area contributed by atoms with Gasteiger partial charge < -0.3 is 20.5 Å². The number of benzene rings is 1. The van der Waals surface area contributed by atoms with E-state index >= 15 is 0 Å². The summed E-state index contributed by atoms with van der Waals surface area (Å²) in [6, 6.07) is 5.51. The average Bonchev–Trinajstić information content (AvgIpc) is 2.55. The molecule has 120 valence electrons. The Morgan fingerprint density at radius 1 is 1.14 bits per heavy atom. The van der Waals surface area contributed by atoms with Gasteiger partial charge in [0.15, 0.2) is 11.5 Å². The van der Waals surface area contributed by atoms with Gasteiger partial charge in [0.2, 0.25) is 5.91 Å². The van der Waals surface area contributed by atoms with Gasteiger partial charge in [-0.3, -0.25) is 4.79 Å². The average molecular weight is 304 g/mol. The molecular weight excluding hydrogens is 280 g/mol. The maximum absolute atomic E-state index is 12.4. The number of hydrogen-bond acceptors (Lipinski definition) is 4. The number of nitrogens with two attached hydrogens (primary N) is 1. The van der Waals surface area contributed by atoms with Crippen LogP contribution in [-0.4, -0.2) is 25.7 Å². The molecule has 0 spiro atoms. The van der Waals surface area contributed by atoms with Gasteiger partial charge in [-0.25, -0.2) is 0 Å². The van der Waals surface area contributed by atoms with Gasteiger partial charge in [-0.15, -0.1) is 0 Å². The van der Waals surface area contributed by atoms with Crippen LogP contribution in [0.15, 0.2) is 18.2 Å². The van der Waals surface area contributed by atoms with Crippen molar-refractivity contribution in [3.05, 3.63) is 18.2 Å². The topological polar surface area (TPSA) is 73.6 Å². The third kappa shape index (κ3) is 3.35. The normalized spacial score (nSPS) is 19.5. The van der Waals surface area contributed by atoms with Gasteiger partial charge in [0.05, 0.1) is 0 Å². The molecule has 0 radical (unpaired) electrons. The molecular formula is C17H24N2O3. The molecule has 1 amide bonds. The van der Waals surface area contributed by atoms with Crippen LogP contribution in [0, 0.1) is 5.41 Å². The molecule has 2 aliphatic rings. The summed E-state index contributed by atoms with van der Waals surface area (Å²) < 4.78 is 11.0. The molecule has 3 N–H and O–H groups in total. The smallest absolute Gasteiger partial charge is 0.224 e. The van der Waals surface area contributed by atoms with Gasteiger partial charge in [0.1, 0.15) is 13.2 Å². The molecule has 1 heterocycles. The Labute approximate surface area is 131 Å². The van der Waals surface area contributed by atoms with Crippen molar-refractivity contribution in [2.24, 2.45) is 11.1 Å². The fourth-order valence-corrected chi connectivity index (χ4v) is 3.42. The molecule has 1 saturated carbocycles. The summed E-state index contributed by atoms with van der Waals surface area (Å²) in [7, 11) is 0. The highest BCUT2D eigenvalue weighted by Gasteiger charge is 2.33. The first-order valence-electron chi connectivity index (χ1n) is 8.10. The second-order valence-corrected chi connectivity index (χ2v) is 6.35. The summed E-state index contributed by atoms with van der Waals surface area (Å²) in [4.78, 5) is 12.4. The maximum atomic E-state index is 12.4. The first-order chi connectivity index (χ1) is 10.7. The molecule has 0 saturated heterocycles. The number of fused-ring (bicyclic) bond motifs is 1. The largest absolute Gasteiger partial charge is 0.486 e. The lowest BCUT2D eigenvalue weighted by Crippen LogP contribution is -2.36. The second-order valence-electron chi connectivity index (χ2n) is 6.35. The number of carbonyl (C=O) groups is 1. The lowest BCUT2D eigenvalue weighted by atomic mass is 9.71. The Bertz CT molecular complexity index is 539. The van der Waals surface area contributed by atoms with Crippen LogP contribution < -0.4 is 20.5 Å². The molecule has 0 unspecified atom stereocenters. The van der Waals surface area contributed by atoms with Crippen LogP contribution in [0.4, 0.5) is 5.69 Å². The zero-order chi connectivity index (χ0) is 15.4. The Hall–Kier alpha value is -1.75. The first kappa shape index (κ1) is 15.2. The van der Waals surface area contributed by atoms with E-state index in [-0.39, 0.29) is 11.3 Å². The summed E-state index contributed by atoms with van der Waals surface area (Å²) in [5.41, 5.74) is 6.68. The molecule has 1 aromatic rings. The number of ether oxygens (including phenoxy) is 2. The molecule has 0 bridgehead atoms. The third-order valence-corrected chi connectivity index (χ3v) is 4.71. The van der Waals surface area contributed by atoms with Crippen molar-refractivity contribution in [2.75, 3.05) is 25.1 Å². The highest BCUT2D eigenvalue weighted by molar-refractivity contribution is 5.91. The molecule has 1 aromatic carbocycles. The van der Waals surface area contributed by atoms with E-state index in [9.17, 15) is 4.79 Å². The minimum absolute atomic E-state index is 0.0177. The van der Waals surface area contributed by atoms with E-state index in [2.05, 4.69) is 5.32 Å². The minimum Gasteiger partial charge on any atom is -0.486 e. The van der Waals surface area contributed by atoms with Gasteiger partial charge in [-0.05, 0) is 36.9 Å². The van der Waals surface area contributed by atoms with Crippen molar-refractivity contribution in [2.45, 2.75) is 38.5 Å². The Kier molecular flexibility index (Phi) is 4.52. The van der Waals surface area contributed by atoms with E-state index in [1.165, 1.54) is 19.3 Å². The Morgan fingerprint density at radius 2 is 1.86 bits per heavy atom. The monoisotopic (exact) mass is 304 g/mol. The third-order valence-electron chi connectivity index (χ3n) is 4.71. The summed E-state index contributed by atoms with van der Waals surface area (Å²) >= 11 is 0. The zero-order valence-electron chi connectivity index (χ0n) is 12.9. The molecule has 1 aliphatic carbocycles. The number of amides is 1. The Balaban J connectivity index is 1.63. The molecule has 0 atom stereocenters. The number of nitrogens with one attached hydrogen (secondary N) is 1. The van der Waals surface area contributed by atoms with Crippen molar-refractivity contribution in [3.63, 3.8) is 0 Å². The summed E-state index contributed by atoms with van der Waals surface area (Å²) in [6.07, 6.45) is 6.21. The fraction of sp³-hybridized carbons (Fsp3) is 0.588. The lowest BCUT2D eigenvalue weighted by Gasteiger charge is -2.35. The van der Waals surface area contributed by atoms with Crippen molar-refractivity contribution >= 4 is 11.6 Å². The Morgan fingerprint density at radius 3 is 2.59 bits per heavy atom. The molecule has 1 aliphatic heterocycles. The van der Waals surface area contributed by atoms with E-state index < -0.39 is 0 Å². The van der Waals surface area contributed by atoms with Gasteiger partial charge in [0, 0.05) is 18.2 Å². The van der Waals surface area contributed by atoms with Crippen LogP contribution in [0.25, 0.3) is 0 Å². The SMILES string of the molecule is NCC1(CC(=O)Nc2ccc3c(c2)OCCO3)CCCCC1. The van der Waals surface area contributed by atoms with Crippen molar-refractivity contribution in [1.82, 2.24) is 0 Å². The van der Waals surface area contributed by atoms with E-state index in [1.54, 1.807) is 0 Å². The molecule has 3 rings (SSSR count). The van der Waals surface area contributed by atoms with Gasteiger partial charge in [-0.2, -0.15) is 0 Å². The standard InChI is InChI=1S/C17H24N2O3/c18-12-17(6-2-1-3-7-17)11-16(20)19-13-4-5-14-15(10-13)22-9-8-21-14/h4-5,10H,1-3,6-9,11-12,18H2,(H,19,20). The fourth-order valence-electron chi connectivity index (χ4n) is 3.42. The predicted molar refractivity (Wildman–Crippen MR) is 85.3 cm³/mol. The quantitative estimate of drug-likeness (QED) is 0.897. The number of rotatable bonds is 4. The zero-order valence-corrected chi connectivity index (χ0v) is 12.9. The van der Waals surface area contributed by atoms with E-state index in [0.29, 0.717) is 31.9 Å². The summed E-state index contributed by atoms with van der Waals surface area (Å²) in [5, 5.41) is 2.97.